The summed E-state index contributed by atoms with van der Waals surface area (Å²) in [4.78, 5) is 23.4. The highest BCUT2D eigenvalue weighted by Gasteiger charge is 2.25. The summed E-state index contributed by atoms with van der Waals surface area (Å²) < 4.78 is 10.1. The largest absolute Gasteiger partial charge is 0.454 e. The van der Waals surface area contributed by atoms with Crippen LogP contribution in [0.4, 0.5) is 0 Å². The molecule has 0 radical (unpaired) electrons. The summed E-state index contributed by atoms with van der Waals surface area (Å²) in [6, 6.07) is 7.03. The van der Waals surface area contributed by atoms with Crippen molar-refractivity contribution < 1.29 is 19.1 Å². The molecular weight excluding hydrogens is 294 g/mol. The highest BCUT2D eigenvalue weighted by Crippen LogP contribution is 2.17. The van der Waals surface area contributed by atoms with Gasteiger partial charge >= 0.3 is 5.97 Å². The molecule has 0 aromatic heterocycles. The number of carbonyl (C=O) groups excluding carboxylic acids is 2. The molecule has 1 fully saturated rings. The van der Waals surface area contributed by atoms with Crippen LogP contribution >= 0.6 is 11.6 Å². The molecule has 0 bridgehead atoms. The van der Waals surface area contributed by atoms with Crippen molar-refractivity contribution in [3.8, 4) is 0 Å². The van der Waals surface area contributed by atoms with Gasteiger partial charge in [-0.3, -0.25) is 4.79 Å². The Labute approximate surface area is 128 Å². The molecule has 1 saturated heterocycles. The Morgan fingerprint density at radius 1 is 1.52 bits per heavy atom. The summed E-state index contributed by atoms with van der Waals surface area (Å²) in [5.41, 5.74) is 0.890. The van der Waals surface area contributed by atoms with E-state index in [1.54, 1.807) is 12.1 Å². The van der Waals surface area contributed by atoms with Gasteiger partial charge in [0.25, 0.3) is 5.91 Å². The molecule has 1 aliphatic rings. The first kappa shape index (κ1) is 15.8. The minimum atomic E-state index is -0.525. The van der Waals surface area contributed by atoms with Gasteiger partial charge in [0.1, 0.15) is 0 Å². The first-order chi connectivity index (χ1) is 10.1. The fourth-order valence-electron chi connectivity index (χ4n) is 2.14. The lowest BCUT2D eigenvalue weighted by Gasteiger charge is -2.15. The molecule has 114 valence electrons. The number of hydrogen-bond acceptors (Lipinski definition) is 4. The van der Waals surface area contributed by atoms with Crippen LogP contribution in [0.1, 0.15) is 31.4 Å². The van der Waals surface area contributed by atoms with Gasteiger partial charge in [-0.2, -0.15) is 0 Å². The van der Waals surface area contributed by atoms with Gasteiger partial charge in [0.15, 0.2) is 12.7 Å². The lowest BCUT2D eigenvalue weighted by molar-refractivity contribution is -0.157. The van der Waals surface area contributed by atoms with E-state index < -0.39 is 12.1 Å². The molecule has 21 heavy (non-hydrogen) atoms. The Morgan fingerprint density at radius 2 is 2.33 bits per heavy atom. The zero-order chi connectivity index (χ0) is 15.2. The maximum atomic E-state index is 11.8. The Bertz CT molecular complexity index is 514. The van der Waals surface area contributed by atoms with E-state index in [2.05, 4.69) is 5.32 Å². The molecule has 1 aliphatic heterocycles. The second-order valence-corrected chi connectivity index (χ2v) is 5.39. The third kappa shape index (κ3) is 4.72. The third-order valence-corrected chi connectivity index (χ3v) is 3.50. The minimum absolute atomic E-state index is 0.211. The van der Waals surface area contributed by atoms with E-state index in [1.807, 2.05) is 19.1 Å². The topological polar surface area (TPSA) is 64.6 Å². The Balaban J connectivity index is 1.77. The number of halogens is 1. The first-order valence-corrected chi connectivity index (χ1v) is 7.27. The molecule has 2 atom stereocenters. The highest BCUT2D eigenvalue weighted by atomic mass is 35.5. The van der Waals surface area contributed by atoms with Crippen molar-refractivity contribution in [3.05, 3.63) is 34.9 Å². The predicted octanol–water partition coefficient (Wildman–Crippen LogP) is 2.24. The minimum Gasteiger partial charge on any atom is -0.454 e. The molecule has 1 heterocycles. The van der Waals surface area contributed by atoms with E-state index in [-0.39, 0.29) is 18.6 Å². The van der Waals surface area contributed by atoms with Gasteiger partial charge in [0, 0.05) is 11.6 Å². The normalized spacial score (nSPS) is 19.0. The fourth-order valence-corrected chi connectivity index (χ4v) is 2.33. The molecule has 5 nitrogen and oxygen atoms in total. The number of carbonyl (C=O) groups is 2. The molecule has 0 saturated carbocycles. The molecule has 2 rings (SSSR count). The van der Waals surface area contributed by atoms with Crippen LogP contribution in [0.15, 0.2) is 24.3 Å². The molecule has 0 spiro atoms. The number of hydrogen-bond donors (Lipinski definition) is 1. The average molecular weight is 312 g/mol. The zero-order valence-electron chi connectivity index (χ0n) is 11.8. The third-order valence-electron chi connectivity index (χ3n) is 3.26. The second-order valence-electron chi connectivity index (χ2n) is 4.95. The Kier molecular flexibility index (Phi) is 5.59. The van der Waals surface area contributed by atoms with Crippen LogP contribution in [-0.2, 0) is 19.1 Å². The molecule has 0 unspecified atom stereocenters. The van der Waals surface area contributed by atoms with Crippen LogP contribution in [-0.4, -0.2) is 31.2 Å². The van der Waals surface area contributed by atoms with Crippen molar-refractivity contribution in [1.82, 2.24) is 5.32 Å². The first-order valence-electron chi connectivity index (χ1n) is 6.89. The summed E-state index contributed by atoms with van der Waals surface area (Å²) in [7, 11) is 0. The number of amides is 1. The average Bonchev–Trinajstić information content (AvgIpc) is 2.99. The van der Waals surface area contributed by atoms with Crippen LogP contribution < -0.4 is 5.32 Å². The molecule has 1 amide bonds. The summed E-state index contributed by atoms with van der Waals surface area (Å²) >= 11 is 5.90. The predicted molar refractivity (Wildman–Crippen MR) is 77.9 cm³/mol. The molecule has 1 N–H and O–H groups in total. The highest BCUT2D eigenvalue weighted by molar-refractivity contribution is 6.30. The van der Waals surface area contributed by atoms with E-state index in [1.165, 1.54) is 0 Å². The van der Waals surface area contributed by atoms with Crippen LogP contribution in [0, 0.1) is 0 Å². The monoisotopic (exact) mass is 311 g/mol. The van der Waals surface area contributed by atoms with E-state index in [0.717, 1.165) is 12.0 Å². The Morgan fingerprint density at radius 3 is 3.00 bits per heavy atom. The van der Waals surface area contributed by atoms with Crippen molar-refractivity contribution in [2.45, 2.75) is 31.9 Å². The van der Waals surface area contributed by atoms with Gasteiger partial charge in [-0.25, -0.2) is 4.79 Å². The SMILES string of the molecule is C[C@H](NC(=O)COC(=O)[C@H]1CCCO1)c1cccc(Cl)c1. The van der Waals surface area contributed by atoms with Crippen molar-refractivity contribution in [2.24, 2.45) is 0 Å². The lowest BCUT2D eigenvalue weighted by Crippen LogP contribution is -2.33. The number of ether oxygens (including phenoxy) is 2. The van der Waals surface area contributed by atoms with Gasteiger partial charge < -0.3 is 14.8 Å². The van der Waals surface area contributed by atoms with Crippen molar-refractivity contribution in [2.75, 3.05) is 13.2 Å². The zero-order valence-corrected chi connectivity index (χ0v) is 12.6. The van der Waals surface area contributed by atoms with E-state index in [9.17, 15) is 9.59 Å². The van der Waals surface area contributed by atoms with Gasteiger partial charge in [-0.1, -0.05) is 23.7 Å². The number of rotatable bonds is 5. The van der Waals surface area contributed by atoms with Crippen LogP contribution in [0.2, 0.25) is 5.02 Å². The Hall–Kier alpha value is -1.59. The van der Waals surface area contributed by atoms with Crippen LogP contribution in [0.25, 0.3) is 0 Å². The van der Waals surface area contributed by atoms with E-state index in [4.69, 9.17) is 21.1 Å². The fraction of sp³-hybridized carbons (Fsp3) is 0.467. The quantitative estimate of drug-likeness (QED) is 0.847. The summed E-state index contributed by atoms with van der Waals surface area (Å²) in [5.74, 6) is -0.827. The van der Waals surface area contributed by atoms with E-state index in [0.29, 0.717) is 18.1 Å². The smallest absolute Gasteiger partial charge is 0.335 e. The second kappa shape index (κ2) is 7.43. The van der Waals surface area contributed by atoms with Crippen LogP contribution in [0.5, 0.6) is 0 Å². The van der Waals surface area contributed by atoms with Gasteiger partial charge in [0.2, 0.25) is 0 Å². The summed E-state index contributed by atoms with van der Waals surface area (Å²) in [6.45, 7) is 2.10. The van der Waals surface area contributed by atoms with Crippen LogP contribution in [0.3, 0.4) is 0 Å². The number of esters is 1. The number of nitrogens with one attached hydrogen (secondary N) is 1. The number of benzene rings is 1. The van der Waals surface area contributed by atoms with Gasteiger partial charge in [0.05, 0.1) is 6.04 Å². The van der Waals surface area contributed by atoms with Crippen molar-refractivity contribution in [3.63, 3.8) is 0 Å². The molecule has 0 aliphatic carbocycles. The standard InChI is InChI=1S/C15H18ClNO4/c1-10(11-4-2-5-12(16)8-11)17-14(18)9-21-15(19)13-6-3-7-20-13/h2,4-5,8,10,13H,3,6-7,9H2,1H3,(H,17,18)/t10-,13+/m0/s1. The molecule has 1 aromatic rings. The summed E-state index contributed by atoms with van der Waals surface area (Å²) in [6.07, 6.45) is 0.972. The van der Waals surface area contributed by atoms with Crippen molar-refractivity contribution >= 4 is 23.5 Å². The summed E-state index contributed by atoms with van der Waals surface area (Å²) in [5, 5.41) is 3.36. The van der Waals surface area contributed by atoms with Crippen molar-refractivity contribution in [1.29, 1.82) is 0 Å². The van der Waals surface area contributed by atoms with Gasteiger partial charge in [-0.05, 0) is 37.5 Å². The van der Waals surface area contributed by atoms with Gasteiger partial charge in [-0.15, -0.1) is 0 Å². The molecular formula is C15H18ClNO4. The maximum absolute atomic E-state index is 11.8. The molecule has 1 aromatic carbocycles. The molecule has 6 heteroatoms. The lowest BCUT2D eigenvalue weighted by atomic mass is 10.1. The maximum Gasteiger partial charge on any atom is 0.335 e. The van der Waals surface area contributed by atoms with E-state index >= 15 is 0 Å².